The topological polar surface area (TPSA) is 136 Å². The Morgan fingerprint density at radius 3 is 2.81 bits per heavy atom. The lowest BCUT2D eigenvalue weighted by Gasteiger charge is -2.19. The molecule has 0 amide bonds. The van der Waals surface area contributed by atoms with Crippen LogP contribution >= 0.6 is 0 Å². The zero-order valence-corrected chi connectivity index (χ0v) is 16.8. The van der Waals surface area contributed by atoms with Crippen LogP contribution in [0.15, 0.2) is 17.1 Å². The first-order valence-corrected chi connectivity index (χ1v) is 9.67. The third kappa shape index (κ3) is 4.49. The second kappa shape index (κ2) is 9.53. The minimum Gasteiger partial charge on any atom is -0.492 e. The summed E-state index contributed by atoms with van der Waals surface area (Å²) in [6.07, 6.45) is 3.19. The summed E-state index contributed by atoms with van der Waals surface area (Å²) in [7, 11) is 1.34. The SMILES string of the molecule is COc1c(NCCOCCC#N)c(F)cc2c(=O)c(C(C=O)[N+](=O)[O-])cn(C3CC3)c12. The lowest BCUT2D eigenvalue weighted by molar-refractivity contribution is -0.511. The van der Waals surface area contributed by atoms with E-state index < -0.39 is 22.2 Å². The fraction of sp³-hybridized carbons (Fsp3) is 0.450. The summed E-state index contributed by atoms with van der Waals surface area (Å²) in [6.45, 7) is 0.707. The molecular weight excluding hydrogens is 411 g/mol. The number of ether oxygens (including phenoxy) is 2. The molecule has 0 spiro atoms. The molecule has 0 saturated heterocycles. The quantitative estimate of drug-likeness (QED) is 0.247. The van der Waals surface area contributed by atoms with Crippen molar-refractivity contribution in [3.63, 3.8) is 0 Å². The Balaban J connectivity index is 2.10. The largest absolute Gasteiger partial charge is 0.492 e. The number of nitriles is 1. The lowest BCUT2D eigenvalue weighted by Crippen LogP contribution is -2.24. The van der Waals surface area contributed by atoms with Gasteiger partial charge in [0.05, 0.1) is 49.3 Å². The summed E-state index contributed by atoms with van der Waals surface area (Å²) in [4.78, 5) is 34.6. The van der Waals surface area contributed by atoms with Crippen molar-refractivity contribution in [1.29, 1.82) is 5.26 Å². The zero-order valence-electron chi connectivity index (χ0n) is 16.8. The van der Waals surface area contributed by atoms with Gasteiger partial charge >= 0.3 is 0 Å². The molecule has 1 heterocycles. The van der Waals surface area contributed by atoms with E-state index in [0.717, 1.165) is 18.9 Å². The molecule has 1 aromatic carbocycles. The summed E-state index contributed by atoms with van der Waals surface area (Å²) in [5.74, 6) is -0.687. The first-order chi connectivity index (χ1) is 14.9. The van der Waals surface area contributed by atoms with Gasteiger partial charge in [0.2, 0.25) is 0 Å². The number of fused-ring (bicyclic) bond motifs is 1. The lowest BCUT2D eigenvalue weighted by atomic mass is 10.0. The Hall–Kier alpha value is -3.52. The van der Waals surface area contributed by atoms with Crippen LogP contribution in [0.2, 0.25) is 0 Å². The van der Waals surface area contributed by atoms with Crippen molar-refractivity contribution in [3.8, 4) is 11.8 Å². The first-order valence-electron chi connectivity index (χ1n) is 9.67. The average molecular weight is 432 g/mol. The Kier molecular flexibility index (Phi) is 6.81. The number of aldehydes is 1. The van der Waals surface area contributed by atoms with Gasteiger partial charge in [0.1, 0.15) is 5.69 Å². The van der Waals surface area contributed by atoms with Crippen LogP contribution in [0.5, 0.6) is 5.75 Å². The maximum atomic E-state index is 14.9. The Morgan fingerprint density at radius 1 is 1.48 bits per heavy atom. The molecule has 1 unspecified atom stereocenters. The minimum absolute atomic E-state index is 0.0293. The normalized spacial score (nSPS) is 14.1. The number of carbonyl (C=O) groups is 1. The van der Waals surface area contributed by atoms with Gasteiger partial charge in [-0.15, -0.1) is 0 Å². The number of hydrogen-bond acceptors (Lipinski definition) is 8. The predicted octanol–water partition coefficient (Wildman–Crippen LogP) is 2.34. The van der Waals surface area contributed by atoms with Crippen LogP contribution in [0.25, 0.3) is 10.9 Å². The second-order valence-electron chi connectivity index (χ2n) is 7.03. The highest BCUT2D eigenvalue weighted by molar-refractivity contribution is 5.92. The number of nitrogens with one attached hydrogen (secondary N) is 1. The van der Waals surface area contributed by atoms with Crippen LogP contribution in [-0.2, 0) is 9.53 Å². The number of benzene rings is 1. The summed E-state index contributed by atoms with van der Waals surface area (Å²) < 4.78 is 27.3. The van der Waals surface area contributed by atoms with Gasteiger partial charge in [0, 0.05) is 23.7 Å². The highest BCUT2D eigenvalue weighted by Gasteiger charge is 2.33. The van der Waals surface area contributed by atoms with Gasteiger partial charge in [-0.1, -0.05) is 0 Å². The van der Waals surface area contributed by atoms with E-state index in [1.807, 2.05) is 6.07 Å². The van der Waals surface area contributed by atoms with E-state index in [9.17, 15) is 24.1 Å². The first kappa shape index (κ1) is 22.2. The summed E-state index contributed by atoms with van der Waals surface area (Å²) >= 11 is 0. The number of nitro groups is 1. The molecule has 2 aromatic rings. The number of halogens is 1. The molecule has 1 fully saturated rings. The van der Waals surface area contributed by atoms with Gasteiger partial charge in [-0.3, -0.25) is 19.7 Å². The van der Waals surface area contributed by atoms with E-state index in [2.05, 4.69) is 5.32 Å². The molecule has 0 bridgehead atoms. The molecule has 31 heavy (non-hydrogen) atoms. The van der Waals surface area contributed by atoms with E-state index in [0.29, 0.717) is 5.52 Å². The smallest absolute Gasteiger partial charge is 0.297 e. The van der Waals surface area contributed by atoms with Crippen molar-refractivity contribution in [2.75, 3.05) is 32.2 Å². The van der Waals surface area contributed by atoms with E-state index in [1.165, 1.54) is 13.3 Å². The maximum Gasteiger partial charge on any atom is 0.297 e. The molecule has 0 radical (unpaired) electrons. The number of carbonyl (C=O) groups excluding carboxylic acids is 1. The van der Waals surface area contributed by atoms with Crippen LogP contribution in [0.4, 0.5) is 10.1 Å². The average Bonchev–Trinajstić information content (AvgIpc) is 3.58. The van der Waals surface area contributed by atoms with E-state index in [4.69, 9.17) is 14.7 Å². The highest BCUT2D eigenvalue weighted by Crippen LogP contribution is 2.42. The second-order valence-corrected chi connectivity index (χ2v) is 7.03. The van der Waals surface area contributed by atoms with Gasteiger partial charge in [-0.25, -0.2) is 4.39 Å². The molecule has 1 N–H and O–H groups in total. The molecule has 1 atom stereocenters. The highest BCUT2D eigenvalue weighted by atomic mass is 19.1. The molecule has 164 valence electrons. The number of aromatic nitrogens is 1. The standard InChI is InChI=1S/C20H21FN4O6/c1-30-20-17(23-6-8-31-7-2-5-22)15(21)9-13-18(20)24(12-3-4-12)10-14(19(13)27)16(11-26)25(28)29/h9-12,16,23H,2-4,6-8H2,1H3. The number of methoxy groups -OCH3 is 1. The van der Waals surface area contributed by atoms with Crippen LogP contribution in [0.1, 0.15) is 36.9 Å². The number of pyridine rings is 1. The van der Waals surface area contributed by atoms with Gasteiger partial charge in [0.15, 0.2) is 23.3 Å². The zero-order chi connectivity index (χ0) is 22.5. The third-order valence-corrected chi connectivity index (χ3v) is 4.98. The fourth-order valence-corrected chi connectivity index (χ4v) is 3.39. The third-order valence-electron chi connectivity index (χ3n) is 4.98. The van der Waals surface area contributed by atoms with Crippen LogP contribution in [0, 0.1) is 27.3 Å². The molecule has 11 heteroatoms. The molecule has 1 aliphatic rings. The fourth-order valence-electron chi connectivity index (χ4n) is 3.39. The van der Waals surface area contributed by atoms with Gasteiger partial charge < -0.3 is 19.4 Å². The number of anilines is 1. The Bertz CT molecular complexity index is 1110. The molecule has 3 rings (SSSR count). The maximum absolute atomic E-state index is 14.9. The molecule has 1 saturated carbocycles. The molecule has 0 aliphatic heterocycles. The van der Waals surface area contributed by atoms with E-state index in [-0.39, 0.29) is 60.9 Å². The number of nitrogens with zero attached hydrogens (tertiary/aromatic N) is 3. The molecule has 1 aliphatic carbocycles. The van der Waals surface area contributed by atoms with Gasteiger partial charge in [-0.05, 0) is 18.9 Å². The van der Waals surface area contributed by atoms with Crippen molar-refractivity contribution >= 4 is 22.9 Å². The molecular formula is C20H21FN4O6. The van der Waals surface area contributed by atoms with Crippen LogP contribution in [-0.4, -0.2) is 42.6 Å². The van der Waals surface area contributed by atoms with Gasteiger partial charge in [-0.2, -0.15) is 5.26 Å². The van der Waals surface area contributed by atoms with E-state index >= 15 is 0 Å². The number of hydrogen-bond donors (Lipinski definition) is 1. The van der Waals surface area contributed by atoms with Crippen molar-refractivity contribution in [2.45, 2.75) is 31.3 Å². The van der Waals surface area contributed by atoms with Crippen LogP contribution in [0.3, 0.4) is 0 Å². The molecule has 10 nitrogen and oxygen atoms in total. The molecule has 1 aromatic heterocycles. The minimum atomic E-state index is -1.83. The van der Waals surface area contributed by atoms with Crippen LogP contribution < -0.4 is 15.5 Å². The van der Waals surface area contributed by atoms with Crippen molar-refractivity contribution < 1.29 is 23.6 Å². The predicted molar refractivity (Wildman–Crippen MR) is 108 cm³/mol. The van der Waals surface area contributed by atoms with Crippen molar-refractivity contribution in [1.82, 2.24) is 4.57 Å². The summed E-state index contributed by atoms with van der Waals surface area (Å²) in [6, 6.07) is 1.08. The van der Waals surface area contributed by atoms with Gasteiger partial charge in [0.25, 0.3) is 6.04 Å². The van der Waals surface area contributed by atoms with Crippen molar-refractivity contribution in [3.05, 3.63) is 44.0 Å². The summed E-state index contributed by atoms with van der Waals surface area (Å²) in [5.41, 5.74) is -0.764. The Labute approximate surface area is 176 Å². The van der Waals surface area contributed by atoms with Crippen molar-refractivity contribution in [2.24, 2.45) is 0 Å². The monoisotopic (exact) mass is 432 g/mol. The Morgan fingerprint density at radius 2 is 2.23 bits per heavy atom. The van der Waals surface area contributed by atoms with E-state index in [1.54, 1.807) is 4.57 Å². The summed E-state index contributed by atoms with van der Waals surface area (Å²) in [5, 5.41) is 22.6. The number of rotatable bonds is 11.